The van der Waals surface area contributed by atoms with E-state index in [1.807, 2.05) is 6.07 Å². The molecule has 4 atom stereocenters. The Morgan fingerprint density at radius 1 is 1.12 bits per heavy atom. The van der Waals surface area contributed by atoms with Crippen molar-refractivity contribution >= 4 is 0 Å². The van der Waals surface area contributed by atoms with Gasteiger partial charge in [0, 0.05) is 0 Å². The lowest BCUT2D eigenvalue weighted by atomic mass is 9.47. The molecule has 25 heavy (non-hydrogen) atoms. The van der Waals surface area contributed by atoms with Crippen LogP contribution >= 0.6 is 0 Å². The Balaban J connectivity index is 2.01. The van der Waals surface area contributed by atoms with E-state index in [4.69, 9.17) is 9.47 Å². The Hall–Kier alpha value is -1.44. The van der Waals surface area contributed by atoms with Gasteiger partial charge in [0.15, 0.2) is 0 Å². The third-order valence-corrected chi connectivity index (χ3v) is 7.65. The van der Waals surface area contributed by atoms with Crippen molar-refractivity contribution in [3.8, 4) is 11.5 Å². The second kappa shape index (κ2) is 6.70. The van der Waals surface area contributed by atoms with Crippen molar-refractivity contribution in [3.05, 3.63) is 35.4 Å². The van der Waals surface area contributed by atoms with Crippen LogP contribution in [0, 0.1) is 22.7 Å². The Morgan fingerprint density at radius 3 is 2.56 bits per heavy atom. The van der Waals surface area contributed by atoms with Gasteiger partial charge in [-0.25, -0.2) is 0 Å². The molecule has 0 spiro atoms. The number of allylic oxidation sites excluding steroid dienone is 2. The molecule has 0 N–H and O–H groups in total. The van der Waals surface area contributed by atoms with Crippen LogP contribution in [-0.4, -0.2) is 14.2 Å². The molecular formula is C23H34O2. The first-order valence-electron chi connectivity index (χ1n) is 9.73. The molecule has 0 aromatic heterocycles. The highest BCUT2D eigenvalue weighted by molar-refractivity contribution is 5.41. The van der Waals surface area contributed by atoms with E-state index < -0.39 is 0 Å². The SMILES string of the molecule is COc1ccc(OC)c(C[C@]2(C)[C@H]3CCC=C(C)[C@]3(C)CC[C@@H]2C)c1. The maximum atomic E-state index is 5.68. The summed E-state index contributed by atoms with van der Waals surface area (Å²) in [5.41, 5.74) is 3.53. The van der Waals surface area contributed by atoms with Crippen molar-refractivity contribution in [2.24, 2.45) is 22.7 Å². The molecule has 0 heterocycles. The van der Waals surface area contributed by atoms with Gasteiger partial charge in [-0.15, -0.1) is 0 Å². The molecule has 2 aliphatic rings. The highest BCUT2D eigenvalue weighted by Crippen LogP contribution is 2.61. The summed E-state index contributed by atoms with van der Waals surface area (Å²) >= 11 is 0. The molecule has 0 radical (unpaired) electrons. The molecule has 0 saturated heterocycles. The first-order valence-corrected chi connectivity index (χ1v) is 9.73. The predicted molar refractivity (Wildman–Crippen MR) is 104 cm³/mol. The monoisotopic (exact) mass is 342 g/mol. The van der Waals surface area contributed by atoms with E-state index in [2.05, 4.69) is 45.9 Å². The number of hydrogen-bond donors (Lipinski definition) is 0. The van der Waals surface area contributed by atoms with Crippen molar-refractivity contribution < 1.29 is 9.47 Å². The summed E-state index contributed by atoms with van der Waals surface area (Å²) < 4.78 is 11.2. The van der Waals surface area contributed by atoms with Gasteiger partial charge < -0.3 is 9.47 Å². The van der Waals surface area contributed by atoms with Crippen LogP contribution in [0.4, 0.5) is 0 Å². The molecule has 0 unspecified atom stereocenters. The maximum absolute atomic E-state index is 5.68. The molecule has 0 aliphatic heterocycles. The fourth-order valence-corrected chi connectivity index (χ4v) is 5.64. The summed E-state index contributed by atoms with van der Waals surface area (Å²) in [6.45, 7) is 9.85. The maximum Gasteiger partial charge on any atom is 0.122 e. The molecule has 2 aliphatic carbocycles. The standard InChI is InChI=1S/C23H34O2/c1-16-8-7-9-21-22(16,3)13-12-17(2)23(21,4)15-18-14-19(24-5)10-11-20(18)25-6/h8,10-11,14,17,21H,7,9,12-13,15H2,1-6H3/t17-,21-,22-,23-/m0/s1. The van der Waals surface area contributed by atoms with Crippen molar-refractivity contribution in [2.75, 3.05) is 14.2 Å². The Bertz CT molecular complexity index is 662. The summed E-state index contributed by atoms with van der Waals surface area (Å²) in [5, 5.41) is 0. The van der Waals surface area contributed by atoms with Crippen molar-refractivity contribution in [1.82, 2.24) is 0 Å². The van der Waals surface area contributed by atoms with Gasteiger partial charge in [0.05, 0.1) is 14.2 Å². The molecule has 3 rings (SSSR count). The van der Waals surface area contributed by atoms with Gasteiger partial charge in [-0.1, -0.05) is 32.4 Å². The van der Waals surface area contributed by atoms with Crippen molar-refractivity contribution in [1.29, 1.82) is 0 Å². The zero-order valence-electron chi connectivity index (χ0n) is 16.8. The number of fused-ring (bicyclic) bond motifs is 1. The first kappa shape index (κ1) is 18.4. The molecule has 1 aromatic rings. The molecule has 0 bridgehead atoms. The third-order valence-electron chi connectivity index (χ3n) is 7.65. The largest absolute Gasteiger partial charge is 0.497 e. The molecule has 0 amide bonds. The molecule has 2 nitrogen and oxygen atoms in total. The molecule has 138 valence electrons. The highest BCUT2D eigenvalue weighted by atomic mass is 16.5. The van der Waals surface area contributed by atoms with Gasteiger partial charge in [0.1, 0.15) is 11.5 Å². The van der Waals surface area contributed by atoms with Crippen LogP contribution in [0.1, 0.15) is 58.9 Å². The van der Waals surface area contributed by atoms with E-state index in [0.29, 0.717) is 11.3 Å². The van der Waals surface area contributed by atoms with Gasteiger partial charge >= 0.3 is 0 Å². The topological polar surface area (TPSA) is 18.5 Å². The van der Waals surface area contributed by atoms with Gasteiger partial charge in [0.2, 0.25) is 0 Å². The van der Waals surface area contributed by atoms with Crippen LogP contribution in [0.15, 0.2) is 29.8 Å². The third kappa shape index (κ3) is 2.98. The lowest BCUT2D eigenvalue weighted by Crippen LogP contribution is -2.50. The lowest BCUT2D eigenvalue weighted by molar-refractivity contribution is -0.0412. The number of rotatable bonds is 4. The first-order chi connectivity index (χ1) is 11.8. The normalized spacial score (nSPS) is 34.9. The van der Waals surface area contributed by atoms with E-state index in [0.717, 1.165) is 23.8 Å². The van der Waals surface area contributed by atoms with Gasteiger partial charge in [0.25, 0.3) is 0 Å². The van der Waals surface area contributed by atoms with Gasteiger partial charge in [-0.2, -0.15) is 0 Å². The average Bonchev–Trinajstić information content (AvgIpc) is 2.60. The van der Waals surface area contributed by atoms with Crippen LogP contribution in [0.2, 0.25) is 0 Å². The lowest BCUT2D eigenvalue weighted by Gasteiger charge is -2.58. The molecular weight excluding hydrogens is 308 g/mol. The van der Waals surface area contributed by atoms with Crippen LogP contribution < -0.4 is 9.47 Å². The van der Waals surface area contributed by atoms with Crippen LogP contribution in [0.3, 0.4) is 0 Å². The van der Waals surface area contributed by atoms with E-state index >= 15 is 0 Å². The Labute approximate surface area is 153 Å². The summed E-state index contributed by atoms with van der Waals surface area (Å²) in [6.07, 6.45) is 8.71. The molecule has 1 fully saturated rings. The van der Waals surface area contributed by atoms with Gasteiger partial charge in [-0.05, 0) is 85.5 Å². The fourth-order valence-electron chi connectivity index (χ4n) is 5.64. The number of methoxy groups -OCH3 is 2. The second-order valence-corrected chi connectivity index (χ2v) is 8.73. The van der Waals surface area contributed by atoms with Crippen LogP contribution in [0.5, 0.6) is 11.5 Å². The average molecular weight is 343 g/mol. The van der Waals surface area contributed by atoms with Crippen molar-refractivity contribution in [2.45, 2.75) is 59.8 Å². The molecule has 2 heteroatoms. The fraction of sp³-hybridized carbons (Fsp3) is 0.652. The molecule has 1 saturated carbocycles. The Kier molecular flexibility index (Phi) is 4.92. The van der Waals surface area contributed by atoms with Crippen LogP contribution in [0.25, 0.3) is 0 Å². The van der Waals surface area contributed by atoms with E-state index in [1.54, 1.807) is 19.8 Å². The van der Waals surface area contributed by atoms with E-state index in [1.165, 1.54) is 31.2 Å². The number of hydrogen-bond acceptors (Lipinski definition) is 2. The minimum atomic E-state index is 0.280. The van der Waals surface area contributed by atoms with E-state index in [-0.39, 0.29) is 5.41 Å². The second-order valence-electron chi connectivity index (χ2n) is 8.73. The minimum Gasteiger partial charge on any atom is -0.497 e. The predicted octanol–water partition coefficient (Wildman–Crippen LogP) is 6.05. The zero-order chi connectivity index (χ0) is 18.2. The summed E-state index contributed by atoms with van der Waals surface area (Å²) in [5.74, 6) is 3.35. The quantitative estimate of drug-likeness (QED) is 0.621. The smallest absolute Gasteiger partial charge is 0.122 e. The van der Waals surface area contributed by atoms with Gasteiger partial charge in [-0.3, -0.25) is 0 Å². The minimum absolute atomic E-state index is 0.280. The van der Waals surface area contributed by atoms with Crippen LogP contribution in [-0.2, 0) is 6.42 Å². The van der Waals surface area contributed by atoms with Crippen molar-refractivity contribution in [3.63, 3.8) is 0 Å². The summed E-state index contributed by atoms with van der Waals surface area (Å²) in [4.78, 5) is 0. The highest BCUT2D eigenvalue weighted by Gasteiger charge is 2.53. The number of ether oxygens (including phenoxy) is 2. The zero-order valence-corrected chi connectivity index (χ0v) is 16.8. The summed E-state index contributed by atoms with van der Waals surface area (Å²) in [6, 6.07) is 6.22. The number of benzene rings is 1. The Morgan fingerprint density at radius 2 is 1.88 bits per heavy atom. The molecule has 1 aromatic carbocycles. The summed E-state index contributed by atoms with van der Waals surface area (Å²) in [7, 11) is 3.51. The van der Waals surface area contributed by atoms with E-state index in [9.17, 15) is 0 Å².